The molecular formula is C6H7N2. The minimum Gasteiger partial charge on any atom is -0.324 e. The molecule has 2 nitrogen and oxygen atoms in total. The Kier molecular flexibility index (Phi) is 1.49. The van der Waals surface area contributed by atoms with Gasteiger partial charge in [0.25, 0.3) is 0 Å². The first-order valence-corrected chi connectivity index (χ1v) is 2.36. The molecule has 0 aromatic heterocycles. The van der Waals surface area contributed by atoms with Crippen molar-refractivity contribution in [2.45, 2.75) is 0 Å². The summed E-state index contributed by atoms with van der Waals surface area (Å²) in [5.74, 6) is 5.08. The molecule has 0 aliphatic heterocycles. The molecule has 8 heavy (non-hydrogen) atoms. The number of hydrogen-bond acceptors (Lipinski definition) is 2. The Labute approximate surface area is 48.3 Å². The van der Waals surface area contributed by atoms with Gasteiger partial charge in [0.15, 0.2) is 0 Å². The zero-order valence-electron chi connectivity index (χ0n) is 4.39. The molecule has 0 saturated heterocycles. The van der Waals surface area contributed by atoms with Crippen LogP contribution in [0.3, 0.4) is 0 Å². The first kappa shape index (κ1) is 5.12. The van der Waals surface area contributed by atoms with Crippen LogP contribution >= 0.6 is 0 Å². The van der Waals surface area contributed by atoms with Crippen molar-refractivity contribution < 1.29 is 0 Å². The Morgan fingerprint density at radius 1 is 1.62 bits per heavy atom. The van der Waals surface area contributed by atoms with Crippen LogP contribution in [0.2, 0.25) is 0 Å². The molecule has 0 aliphatic rings. The van der Waals surface area contributed by atoms with Crippen LogP contribution < -0.4 is 11.3 Å². The second-order valence-electron chi connectivity index (χ2n) is 1.44. The van der Waals surface area contributed by atoms with Crippen LogP contribution in [-0.2, 0) is 0 Å². The topological polar surface area (TPSA) is 38.0 Å². The molecule has 0 bridgehead atoms. The Hall–Kier alpha value is -1.02. The lowest BCUT2D eigenvalue weighted by atomic mass is 10.3. The van der Waals surface area contributed by atoms with Gasteiger partial charge >= 0.3 is 0 Å². The standard InChI is InChI=1S/C6H7N2/c7-8-6-4-2-1-3-5-6/h1-2,4-5,8H,7H2. The van der Waals surface area contributed by atoms with Crippen LogP contribution in [0.5, 0.6) is 0 Å². The predicted octanol–water partition coefficient (Wildman–Crippen LogP) is 0.772. The smallest absolute Gasteiger partial charge is 0.0491 e. The minimum atomic E-state index is 0.882. The van der Waals surface area contributed by atoms with E-state index in [-0.39, 0.29) is 0 Å². The summed E-state index contributed by atoms with van der Waals surface area (Å²) in [7, 11) is 0. The van der Waals surface area contributed by atoms with E-state index in [4.69, 9.17) is 5.84 Å². The van der Waals surface area contributed by atoms with Gasteiger partial charge in [-0.25, -0.2) is 0 Å². The molecule has 0 aliphatic carbocycles. The third kappa shape index (κ3) is 0.978. The summed E-state index contributed by atoms with van der Waals surface area (Å²) in [5, 5.41) is 0. The van der Waals surface area contributed by atoms with Gasteiger partial charge in [0.05, 0.1) is 0 Å². The summed E-state index contributed by atoms with van der Waals surface area (Å²) in [6.45, 7) is 0. The Balaban J connectivity index is 2.83. The third-order valence-electron chi connectivity index (χ3n) is 0.874. The fourth-order valence-corrected chi connectivity index (χ4v) is 0.483. The van der Waals surface area contributed by atoms with E-state index in [2.05, 4.69) is 11.5 Å². The lowest BCUT2D eigenvalue weighted by Crippen LogP contribution is -2.05. The van der Waals surface area contributed by atoms with Crippen LogP contribution in [-0.4, -0.2) is 0 Å². The average Bonchev–Trinajstić information content (AvgIpc) is 1.90. The van der Waals surface area contributed by atoms with Crippen molar-refractivity contribution in [2.24, 2.45) is 5.84 Å². The van der Waals surface area contributed by atoms with E-state index in [0.29, 0.717) is 0 Å². The lowest BCUT2D eigenvalue weighted by molar-refractivity contribution is 1.35. The Morgan fingerprint density at radius 2 is 2.50 bits per heavy atom. The second-order valence-corrected chi connectivity index (χ2v) is 1.44. The molecule has 0 heterocycles. The second kappa shape index (κ2) is 2.33. The molecule has 1 aromatic carbocycles. The molecule has 3 N–H and O–H groups in total. The molecule has 0 atom stereocenters. The van der Waals surface area contributed by atoms with Crippen molar-refractivity contribution >= 4 is 5.69 Å². The van der Waals surface area contributed by atoms with Crippen molar-refractivity contribution in [3.8, 4) is 0 Å². The van der Waals surface area contributed by atoms with Gasteiger partial charge in [-0.2, -0.15) is 0 Å². The number of hydrazine groups is 1. The van der Waals surface area contributed by atoms with Crippen LogP contribution in [0.25, 0.3) is 0 Å². The number of hydrogen-bond donors (Lipinski definition) is 2. The molecule has 0 fully saturated rings. The zero-order valence-corrected chi connectivity index (χ0v) is 4.39. The molecule has 0 spiro atoms. The van der Waals surface area contributed by atoms with Gasteiger partial charge in [0, 0.05) is 5.69 Å². The summed E-state index contributed by atoms with van der Waals surface area (Å²) in [6.07, 6.45) is 0. The molecule has 2 heteroatoms. The quantitative estimate of drug-likeness (QED) is 0.411. The molecule has 41 valence electrons. The highest BCUT2D eigenvalue weighted by Crippen LogP contribution is 1.99. The van der Waals surface area contributed by atoms with Crippen molar-refractivity contribution in [3.05, 3.63) is 30.3 Å². The highest BCUT2D eigenvalue weighted by molar-refractivity contribution is 5.40. The normalized spacial score (nSPS) is 8.62. The molecule has 1 rings (SSSR count). The van der Waals surface area contributed by atoms with Gasteiger partial charge in [-0.3, -0.25) is 5.84 Å². The van der Waals surface area contributed by atoms with E-state index >= 15 is 0 Å². The summed E-state index contributed by atoms with van der Waals surface area (Å²) in [5.41, 5.74) is 3.38. The van der Waals surface area contributed by atoms with Crippen molar-refractivity contribution in [2.75, 3.05) is 5.43 Å². The van der Waals surface area contributed by atoms with E-state index in [1.807, 2.05) is 18.2 Å². The molecule has 0 unspecified atom stereocenters. The Bertz CT molecular complexity index is 148. The molecule has 0 amide bonds. The first-order chi connectivity index (χ1) is 3.93. The van der Waals surface area contributed by atoms with Crippen molar-refractivity contribution in [1.82, 2.24) is 0 Å². The van der Waals surface area contributed by atoms with Crippen molar-refractivity contribution in [3.63, 3.8) is 0 Å². The van der Waals surface area contributed by atoms with Crippen LogP contribution in [0, 0.1) is 6.07 Å². The summed E-state index contributed by atoms with van der Waals surface area (Å²) in [6, 6.07) is 10.2. The molecule has 1 aromatic rings. The lowest BCUT2D eigenvalue weighted by Gasteiger charge is -1.93. The van der Waals surface area contributed by atoms with Gasteiger partial charge in [-0.15, -0.1) is 0 Å². The van der Waals surface area contributed by atoms with Crippen molar-refractivity contribution in [1.29, 1.82) is 0 Å². The highest BCUT2D eigenvalue weighted by Gasteiger charge is 1.78. The Morgan fingerprint density at radius 3 is 2.88 bits per heavy atom. The number of rotatable bonds is 1. The average molecular weight is 107 g/mol. The van der Waals surface area contributed by atoms with E-state index in [0.717, 1.165) is 5.69 Å². The van der Waals surface area contributed by atoms with Gasteiger partial charge < -0.3 is 5.43 Å². The predicted molar refractivity (Wildman–Crippen MR) is 33.1 cm³/mol. The highest BCUT2D eigenvalue weighted by atomic mass is 15.2. The number of nitrogens with one attached hydrogen (secondary N) is 1. The SMILES string of the molecule is NNc1c[c]ccc1. The monoisotopic (exact) mass is 107 g/mol. The van der Waals surface area contributed by atoms with Gasteiger partial charge in [0.2, 0.25) is 0 Å². The number of nitrogens with two attached hydrogens (primary N) is 1. The first-order valence-electron chi connectivity index (χ1n) is 2.36. The fraction of sp³-hybridized carbons (Fsp3) is 0. The number of anilines is 1. The molecule has 1 radical (unpaired) electrons. The van der Waals surface area contributed by atoms with E-state index in [1.165, 1.54) is 0 Å². The maximum Gasteiger partial charge on any atom is 0.0491 e. The third-order valence-corrected chi connectivity index (χ3v) is 0.874. The summed E-state index contributed by atoms with van der Waals surface area (Å²) in [4.78, 5) is 0. The maximum absolute atomic E-state index is 5.08. The van der Waals surface area contributed by atoms with E-state index in [1.54, 1.807) is 6.07 Å². The largest absolute Gasteiger partial charge is 0.324 e. The maximum atomic E-state index is 5.08. The van der Waals surface area contributed by atoms with Gasteiger partial charge in [-0.05, 0) is 18.2 Å². The van der Waals surface area contributed by atoms with E-state index < -0.39 is 0 Å². The number of nitrogen functional groups attached to an aromatic ring is 1. The molecular weight excluding hydrogens is 100 g/mol. The zero-order chi connectivity index (χ0) is 5.82. The van der Waals surface area contributed by atoms with E-state index in [9.17, 15) is 0 Å². The summed E-state index contributed by atoms with van der Waals surface area (Å²) < 4.78 is 0. The molecule has 0 saturated carbocycles. The minimum absolute atomic E-state index is 0.882. The fourth-order valence-electron chi connectivity index (χ4n) is 0.483. The van der Waals surface area contributed by atoms with Crippen LogP contribution in [0.1, 0.15) is 0 Å². The van der Waals surface area contributed by atoms with Crippen LogP contribution in [0.4, 0.5) is 5.69 Å². The summed E-state index contributed by atoms with van der Waals surface area (Å²) >= 11 is 0. The number of benzene rings is 1. The van der Waals surface area contributed by atoms with Crippen LogP contribution in [0.15, 0.2) is 24.3 Å². The van der Waals surface area contributed by atoms with Gasteiger partial charge in [-0.1, -0.05) is 12.1 Å². The van der Waals surface area contributed by atoms with Gasteiger partial charge in [0.1, 0.15) is 0 Å².